The molecule has 0 unspecified atom stereocenters. The van der Waals surface area contributed by atoms with E-state index in [0.717, 1.165) is 25.7 Å². The van der Waals surface area contributed by atoms with Gasteiger partial charge in [-0.3, -0.25) is 4.79 Å². The summed E-state index contributed by atoms with van der Waals surface area (Å²) in [6, 6.07) is 4.16. The second-order valence-electron chi connectivity index (χ2n) is 5.18. The van der Waals surface area contributed by atoms with Crippen molar-refractivity contribution in [3.05, 3.63) is 24.0 Å². The molecule has 0 bridgehead atoms. The lowest BCUT2D eigenvalue weighted by Gasteiger charge is -2.17. The number of ether oxygens (including phenoxy) is 1. The molecule has 1 amide bonds. The molecule has 0 saturated heterocycles. The molecule has 1 aliphatic carbocycles. The first-order chi connectivity index (χ1) is 9.60. The smallest absolute Gasteiger partial charge is 0.239 e. The maximum absolute atomic E-state index is 14.0. The van der Waals surface area contributed by atoms with Crippen LogP contribution in [0.25, 0.3) is 0 Å². The van der Waals surface area contributed by atoms with E-state index in [0.29, 0.717) is 12.1 Å². The van der Waals surface area contributed by atoms with Crippen LogP contribution in [0.15, 0.2) is 18.2 Å². The van der Waals surface area contributed by atoms with Gasteiger partial charge in [0, 0.05) is 11.8 Å². The average Bonchev–Trinajstić information content (AvgIpc) is 2.91. The largest absolute Gasteiger partial charge is 0.487 e. The van der Waals surface area contributed by atoms with Gasteiger partial charge >= 0.3 is 0 Å². The maximum Gasteiger partial charge on any atom is 0.239 e. The van der Waals surface area contributed by atoms with Gasteiger partial charge in [-0.05, 0) is 44.2 Å². The number of hydrogen-bond donors (Lipinski definition) is 2. The molecule has 1 aromatic carbocycles. The van der Waals surface area contributed by atoms with Crippen LogP contribution in [0, 0.1) is 5.82 Å². The highest BCUT2D eigenvalue weighted by atomic mass is 19.1. The molecule has 0 spiro atoms. The molecule has 3 N–H and O–H groups in total. The van der Waals surface area contributed by atoms with Gasteiger partial charge in [-0.15, -0.1) is 0 Å². The van der Waals surface area contributed by atoms with Gasteiger partial charge < -0.3 is 15.8 Å². The second-order valence-corrected chi connectivity index (χ2v) is 5.18. The van der Waals surface area contributed by atoms with E-state index in [1.54, 1.807) is 12.1 Å². The quantitative estimate of drug-likeness (QED) is 0.842. The van der Waals surface area contributed by atoms with Crippen LogP contribution in [0.3, 0.4) is 0 Å². The average molecular weight is 280 g/mol. The van der Waals surface area contributed by atoms with Crippen molar-refractivity contribution in [2.24, 2.45) is 5.73 Å². The number of halogens is 1. The Balaban J connectivity index is 2.02. The monoisotopic (exact) mass is 280 g/mol. The standard InChI is InChI=1S/C15H21FN2O2/c1-2-13(15(17)19)18-10-7-8-14(12(16)9-10)20-11-5-3-4-6-11/h7-9,11,13,18H,2-6H2,1H3,(H2,17,19)/t13-/m1/s1. The Morgan fingerprint density at radius 3 is 2.75 bits per heavy atom. The van der Waals surface area contributed by atoms with Crippen molar-refractivity contribution in [2.75, 3.05) is 5.32 Å². The number of primary amides is 1. The van der Waals surface area contributed by atoms with E-state index in [-0.39, 0.29) is 11.9 Å². The van der Waals surface area contributed by atoms with E-state index in [2.05, 4.69) is 5.32 Å². The van der Waals surface area contributed by atoms with Crippen LogP contribution in [0.4, 0.5) is 10.1 Å². The summed E-state index contributed by atoms with van der Waals surface area (Å²) in [5.74, 6) is -0.588. The van der Waals surface area contributed by atoms with Gasteiger partial charge in [-0.1, -0.05) is 6.92 Å². The van der Waals surface area contributed by atoms with Crippen LogP contribution in [0.5, 0.6) is 5.75 Å². The van der Waals surface area contributed by atoms with E-state index >= 15 is 0 Å². The Kier molecular flexibility index (Phi) is 4.82. The zero-order valence-corrected chi connectivity index (χ0v) is 11.7. The summed E-state index contributed by atoms with van der Waals surface area (Å²) in [4.78, 5) is 11.2. The van der Waals surface area contributed by atoms with E-state index < -0.39 is 17.8 Å². The number of anilines is 1. The number of amides is 1. The van der Waals surface area contributed by atoms with Gasteiger partial charge in [0.25, 0.3) is 0 Å². The summed E-state index contributed by atoms with van der Waals surface area (Å²) < 4.78 is 19.6. The van der Waals surface area contributed by atoms with Crippen LogP contribution in [0.1, 0.15) is 39.0 Å². The molecule has 20 heavy (non-hydrogen) atoms. The van der Waals surface area contributed by atoms with Gasteiger partial charge in [0.05, 0.1) is 6.10 Å². The molecule has 1 fully saturated rings. The van der Waals surface area contributed by atoms with Crippen molar-refractivity contribution in [3.8, 4) is 5.75 Å². The minimum absolute atomic E-state index is 0.123. The number of benzene rings is 1. The summed E-state index contributed by atoms with van der Waals surface area (Å²) in [6.07, 6.45) is 4.93. The first-order valence-corrected chi connectivity index (χ1v) is 7.12. The second kappa shape index (κ2) is 6.59. The molecule has 2 rings (SSSR count). The van der Waals surface area contributed by atoms with E-state index in [1.165, 1.54) is 6.07 Å². The fraction of sp³-hybridized carbons (Fsp3) is 0.533. The van der Waals surface area contributed by atoms with Crippen LogP contribution < -0.4 is 15.8 Å². The highest BCUT2D eigenvalue weighted by molar-refractivity contribution is 5.82. The zero-order valence-electron chi connectivity index (χ0n) is 11.7. The molecule has 0 radical (unpaired) electrons. The Bertz CT molecular complexity index is 473. The van der Waals surface area contributed by atoms with Crippen LogP contribution in [-0.4, -0.2) is 18.1 Å². The minimum atomic E-state index is -0.490. The Morgan fingerprint density at radius 1 is 1.50 bits per heavy atom. The highest BCUT2D eigenvalue weighted by Gasteiger charge is 2.19. The topological polar surface area (TPSA) is 64.3 Å². The third-order valence-corrected chi connectivity index (χ3v) is 3.62. The number of carbonyl (C=O) groups excluding carboxylic acids is 1. The molecule has 4 nitrogen and oxygen atoms in total. The third kappa shape index (κ3) is 3.62. The molecule has 1 aliphatic rings. The van der Waals surface area contributed by atoms with Crippen molar-refractivity contribution < 1.29 is 13.9 Å². The third-order valence-electron chi connectivity index (χ3n) is 3.62. The van der Waals surface area contributed by atoms with Gasteiger partial charge in [0.15, 0.2) is 11.6 Å². The van der Waals surface area contributed by atoms with Crippen LogP contribution in [-0.2, 0) is 4.79 Å². The van der Waals surface area contributed by atoms with Crippen molar-refractivity contribution in [3.63, 3.8) is 0 Å². The lowest BCUT2D eigenvalue weighted by atomic mass is 10.2. The minimum Gasteiger partial charge on any atom is -0.487 e. The number of rotatable bonds is 6. The molecule has 0 aliphatic heterocycles. The van der Waals surface area contributed by atoms with Crippen molar-refractivity contribution in [2.45, 2.75) is 51.2 Å². The van der Waals surface area contributed by atoms with Gasteiger partial charge in [0.2, 0.25) is 5.91 Å². The van der Waals surface area contributed by atoms with Gasteiger partial charge in [-0.2, -0.15) is 0 Å². The van der Waals surface area contributed by atoms with Crippen molar-refractivity contribution >= 4 is 11.6 Å². The maximum atomic E-state index is 14.0. The van der Waals surface area contributed by atoms with E-state index in [1.807, 2.05) is 6.92 Å². The van der Waals surface area contributed by atoms with Crippen LogP contribution >= 0.6 is 0 Å². The van der Waals surface area contributed by atoms with Gasteiger partial charge in [-0.25, -0.2) is 4.39 Å². The summed E-state index contributed by atoms with van der Waals surface area (Å²) in [7, 11) is 0. The molecule has 0 heterocycles. The highest BCUT2D eigenvalue weighted by Crippen LogP contribution is 2.27. The predicted octanol–water partition coefficient (Wildman–Crippen LogP) is 2.82. The molecular formula is C15H21FN2O2. The van der Waals surface area contributed by atoms with Gasteiger partial charge in [0.1, 0.15) is 6.04 Å². The molecule has 5 heteroatoms. The number of nitrogens with one attached hydrogen (secondary N) is 1. The fourth-order valence-electron chi connectivity index (χ4n) is 2.45. The number of carbonyl (C=O) groups is 1. The van der Waals surface area contributed by atoms with Crippen molar-refractivity contribution in [1.29, 1.82) is 0 Å². The molecule has 1 aromatic rings. The molecule has 0 aromatic heterocycles. The Hall–Kier alpha value is -1.78. The molecular weight excluding hydrogens is 259 g/mol. The van der Waals surface area contributed by atoms with Crippen LogP contribution in [0.2, 0.25) is 0 Å². The molecule has 110 valence electrons. The molecule has 1 saturated carbocycles. The lowest BCUT2D eigenvalue weighted by Crippen LogP contribution is -2.34. The van der Waals surface area contributed by atoms with E-state index in [9.17, 15) is 9.18 Å². The summed E-state index contributed by atoms with van der Waals surface area (Å²) in [5, 5.41) is 2.92. The zero-order chi connectivity index (χ0) is 14.5. The first-order valence-electron chi connectivity index (χ1n) is 7.12. The fourth-order valence-corrected chi connectivity index (χ4v) is 2.45. The SMILES string of the molecule is CC[C@@H](Nc1ccc(OC2CCCC2)c(F)c1)C(N)=O. The first kappa shape index (κ1) is 14.6. The molecule has 1 atom stereocenters. The number of nitrogens with two attached hydrogens (primary N) is 1. The lowest BCUT2D eigenvalue weighted by molar-refractivity contribution is -0.118. The summed E-state index contributed by atoms with van der Waals surface area (Å²) in [6.45, 7) is 1.84. The Labute approximate surface area is 118 Å². The van der Waals surface area contributed by atoms with Crippen molar-refractivity contribution in [1.82, 2.24) is 0 Å². The Morgan fingerprint density at radius 2 is 2.20 bits per heavy atom. The summed E-state index contributed by atoms with van der Waals surface area (Å²) in [5.41, 5.74) is 5.79. The number of hydrogen-bond acceptors (Lipinski definition) is 3. The predicted molar refractivity (Wildman–Crippen MR) is 76.2 cm³/mol. The van der Waals surface area contributed by atoms with E-state index in [4.69, 9.17) is 10.5 Å². The normalized spacial score (nSPS) is 16.9. The summed E-state index contributed by atoms with van der Waals surface area (Å²) >= 11 is 0.